The predicted molar refractivity (Wildman–Crippen MR) is 97.1 cm³/mol. The molecule has 1 aromatic carbocycles. The lowest BCUT2D eigenvalue weighted by molar-refractivity contribution is -0.126. The van der Waals surface area contributed by atoms with Gasteiger partial charge in [-0.1, -0.05) is 54.3 Å². The third-order valence-corrected chi connectivity index (χ3v) is 5.02. The Morgan fingerprint density at radius 3 is 2.83 bits per heavy atom. The van der Waals surface area contributed by atoms with Crippen LogP contribution < -0.4 is 5.32 Å². The quantitative estimate of drug-likeness (QED) is 0.670. The number of anilines is 1. The number of thioether (sulfide) groups is 1. The van der Waals surface area contributed by atoms with E-state index in [9.17, 15) is 9.59 Å². The number of hydrogen-bond acceptors (Lipinski definition) is 6. The average molecular weight is 361 g/mol. The molecular formula is C15H11N3O2S3. The molecule has 8 heteroatoms. The van der Waals surface area contributed by atoms with Crippen LogP contribution in [0.25, 0.3) is 6.08 Å². The van der Waals surface area contributed by atoms with Crippen molar-refractivity contribution >= 4 is 62.7 Å². The normalized spacial score (nSPS) is 16.2. The van der Waals surface area contributed by atoms with Crippen molar-refractivity contribution in [3.63, 3.8) is 0 Å². The summed E-state index contributed by atoms with van der Waals surface area (Å²) in [6.07, 6.45) is 3.38. The van der Waals surface area contributed by atoms with Gasteiger partial charge in [-0.15, -0.1) is 11.3 Å². The molecule has 1 N–H and O–H groups in total. The van der Waals surface area contributed by atoms with Crippen molar-refractivity contribution < 1.29 is 9.59 Å². The smallest absolute Gasteiger partial charge is 0.266 e. The number of benzene rings is 1. The first-order chi connectivity index (χ1) is 11.1. The van der Waals surface area contributed by atoms with Crippen LogP contribution in [-0.4, -0.2) is 32.6 Å². The molecule has 0 unspecified atom stereocenters. The Kier molecular flexibility index (Phi) is 4.85. The molecule has 1 aliphatic heterocycles. The van der Waals surface area contributed by atoms with Crippen LogP contribution in [0.15, 0.2) is 46.8 Å². The highest BCUT2D eigenvalue weighted by Gasteiger charge is 2.33. The van der Waals surface area contributed by atoms with Gasteiger partial charge in [0.15, 0.2) is 5.13 Å². The Morgan fingerprint density at radius 2 is 2.13 bits per heavy atom. The van der Waals surface area contributed by atoms with Gasteiger partial charge < -0.3 is 5.32 Å². The first-order valence-electron chi connectivity index (χ1n) is 6.63. The Morgan fingerprint density at radius 1 is 1.35 bits per heavy atom. The fraction of sp³-hybridized carbons (Fsp3) is 0.0667. The molecule has 5 nitrogen and oxygen atoms in total. The highest BCUT2D eigenvalue weighted by molar-refractivity contribution is 8.26. The van der Waals surface area contributed by atoms with E-state index < -0.39 is 0 Å². The van der Waals surface area contributed by atoms with Crippen LogP contribution in [0.5, 0.6) is 0 Å². The van der Waals surface area contributed by atoms with Crippen LogP contribution in [0.4, 0.5) is 5.13 Å². The SMILES string of the molecule is O=C(CN1C(=O)C(=Cc2ccccc2)SC1=S)Nc1nccs1. The summed E-state index contributed by atoms with van der Waals surface area (Å²) in [5, 5.41) is 4.90. The number of hydrogen-bond donors (Lipinski definition) is 1. The van der Waals surface area contributed by atoms with Gasteiger partial charge in [0.2, 0.25) is 5.91 Å². The number of nitrogens with one attached hydrogen (secondary N) is 1. The lowest BCUT2D eigenvalue weighted by Gasteiger charge is -2.13. The zero-order valence-corrected chi connectivity index (χ0v) is 14.2. The monoisotopic (exact) mass is 361 g/mol. The minimum atomic E-state index is -0.322. The number of rotatable bonds is 4. The number of carbonyl (C=O) groups is 2. The fourth-order valence-electron chi connectivity index (χ4n) is 1.92. The molecule has 1 fully saturated rings. The maximum atomic E-state index is 12.4. The molecular weight excluding hydrogens is 350 g/mol. The second-order valence-electron chi connectivity index (χ2n) is 4.56. The van der Waals surface area contributed by atoms with Crippen LogP contribution >= 0.6 is 35.3 Å². The predicted octanol–water partition coefficient (Wildman–Crippen LogP) is 2.98. The summed E-state index contributed by atoms with van der Waals surface area (Å²) in [5.74, 6) is -0.574. The van der Waals surface area contributed by atoms with E-state index in [1.54, 1.807) is 17.7 Å². The van der Waals surface area contributed by atoms with E-state index in [0.717, 1.165) is 5.56 Å². The van der Waals surface area contributed by atoms with Crippen molar-refractivity contribution in [3.8, 4) is 0 Å². The van der Waals surface area contributed by atoms with E-state index >= 15 is 0 Å². The third kappa shape index (κ3) is 3.84. The summed E-state index contributed by atoms with van der Waals surface area (Å²) < 4.78 is 0.381. The summed E-state index contributed by atoms with van der Waals surface area (Å²) in [6, 6.07) is 9.51. The number of amides is 2. The van der Waals surface area contributed by atoms with Gasteiger partial charge in [-0.05, 0) is 11.6 Å². The van der Waals surface area contributed by atoms with E-state index in [4.69, 9.17) is 12.2 Å². The van der Waals surface area contributed by atoms with Gasteiger partial charge in [0.25, 0.3) is 5.91 Å². The molecule has 2 amide bonds. The lowest BCUT2D eigenvalue weighted by Crippen LogP contribution is -2.36. The first kappa shape index (κ1) is 15.9. The maximum Gasteiger partial charge on any atom is 0.266 e. The van der Waals surface area contributed by atoms with Crippen molar-refractivity contribution in [1.82, 2.24) is 9.88 Å². The van der Waals surface area contributed by atoms with E-state index in [0.29, 0.717) is 14.4 Å². The standard InChI is InChI=1S/C15H11N3O2S3/c19-12(17-14-16-6-7-22-14)9-18-13(20)11(23-15(18)21)8-10-4-2-1-3-5-10/h1-8H,9H2,(H,16,17,19). The Balaban J connectivity index is 1.69. The largest absolute Gasteiger partial charge is 0.300 e. The van der Waals surface area contributed by atoms with Crippen molar-refractivity contribution in [1.29, 1.82) is 0 Å². The second-order valence-corrected chi connectivity index (χ2v) is 7.13. The van der Waals surface area contributed by atoms with E-state index in [2.05, 4.69) is 10.3 Å². The highest BCUT2D eigenvalue weighted by atomic mass is 32.2. The molecule has 2 heterocycles. The van der Waals surface area contributed by atoms with Gasteiger partial charge in [-0.2, -0.15) is 0 Å². The van der Waals surface area contributed by atoms with Gasteiger partial charge in [0, 0.05) is 11.6 Å². The third-order valence-electron chi connectivity index (χ3n) is 2.95. The van der Waals surface area contributed by atoms with Crippen LogP contribution in [0.3, 0.4) is 0 Å². The molecule has 23 heavy (non-hydrogen) atoms. The minimum Gasteiger partial charge on any atom is -0.300 e. The molecule has 1 saturated heterocycles. The van der Waals surface area contributed by atoms with Crippen LogP contribution in [0, 0.1) is 0 Å². The minimum absolute atomic E-state index is 0.115. The zero-order chi connectivity index (χ0) is 16.2. The van der Waals surface area contributed by atoms with Gasteiger partial charge in [0.1, 0.15) is 10.9 Å². The number of thiocarbonyl (C=S) groups is 1. The topological polar surface area (TPSA) is 62.3 Å². The van der Waals surface area contributed by atoms with Crippen LogP contribution in [0.2, 0.25) is 0 Å². The fourth-order valence-corrected chi connectivity index (χ4v) is 3.72. The van der Waals surface area contributed by atoms with Gasteiger partial charge >= 0.3 is 0 Å². The van der Waals surface area contributed by atoms with Crippen LogP contribution in [-0.2, 0) is 9.59 Å². The van der Waals surface area contributed by atoms with E-state index in [-0.39, 0.29) is 18.4 Å². The molecule has 0 aliphatic carbocycles. The second kappa shape index (κ2) is 7.03. The summed E-state index contributed by atoms with van der Waals surface area (Å²) >= 11 is 7.73. The number of nitrogens with zero attached hydrogens (tertiary/aromatic N) is 2. The average Bonchev–Trinajstić information content (AvgIpc) is 3.13. The van der Waals surface area contributed by atoms with Crippen molar-refractivity contribution in [2.75, 3.05) is 11.9 Å². The van der Waals surface area contributed by atoms with E-state index in [1.165, 1.54) is 28.0 Å². The van der Waals surface area contributed by atoms with E-state index in [1.807, 2.05) is 30.3 Å². The summed E-state index contributed by atoms with van der Waals surface area (Å²) in [4.78, 5) is 30.2. The molecule has 3 rings (SSSR count). The molecule has 0 spiro atoms. The first-order valence-corrected chi connectivity index (χ1v) is 8.74. The Labute approximate surface area is 146 Å². The summed E-state index contributed by atoms with van der Waals surface area (Å²) in [6.45, 7) is -0.115. The number of thiazole rings is 1. The molecule has 0 saturated carbocycles. The lowest BCUT2D eigenvalue weighted by atomic mass is 10.2. The molecule has 0 atom stereocenters. The zero-order valence-electron chi connectivity index (χ0n) is 11.8. The highest BCUT2D eigenvalue weighted by Crippen LogP contribution is 2.32. The number of aromatic nitrogens is 1. The van der Waals surface area contributed by atoms with Gasteiger partial charge in [-0.25, -0.2) is 4.98 Å². The summed E-state index contributed by atoms with van der Waals surface area (Å²) in [7, 11) is 0. The Hall–Kier alpha value is -2.03. The van der Waals surface area contributed by atoms with Crippen molar-refractivity contribution in [2.45, 2.75) is 0 Å². The van der Waals surface area contributed by atoms with Crippen molar-refractivity contribution in [3.05, 3.63) is 52.4 Å². The molecule has 1 aliphatic rings. The molecule has 0 radical (unpaired) electrons. The van der Waals surface area contributed by atoms with Gasteiger partial charge in [-0.3, -0.25) is 14.5 Å². The number of carbonyl (C=O) groups excluding carboxylic acids is 2. The molecule has 0 bridgehead atoms. The Bertz CT molecular complexity index is 773. The molecule has 1 aromatic heterocycles. The van der Waals surface area contributed by atoms with Crippen LogP contribution in [0.1, 0.15) is 5.56 Å². The maximum absolute atomic E-state index is 12.4. The molecule has 2 aromatic rings. The summed E-state index contributed by atoms with van der Waals surface area (Å²) in [5.41, 5.74) is 0.917. The molecule has 116 valence electrons. The van der Waals surface area contributed by atoms with Gasteiger partial charge in [0.05, 0.1) is 4.91 Å². The van der Waals surface area contributed by atoms with Crippen molar-refractivity contribution in [2.24, 2.45) is 0 Å².